The third kappa shape index (κ3) is 2.44. The molecule has 5 rings (SSSR count). The molecule has 124 valence electrons. The van der Waals surface area contributed by atoms with E-state index >= 15 is 0 Å². The van der Waals surface area contributed by atoms with E-state index in [1.54, 1.807) is 0 Å². The van der Waals surface area contributed by atoms with Gasteiger partial charge in [0.05, 0.1) is 0 Å². The van der Waals surface area contributed by atoms with E-state index in [1.807, 2.05) is 11.3 Å². The first-order chi connectivity index (χ1) is 12.8. The number of benzene rings is 4. The van der Waals surface area contributed by atoms with Crippen LogP contribution in [-0.4, -0.2) is 0 Å². The Morgan fingerprint density at radius 3 is 2.19 bits per heavy atom. The van der Waals surface area contributed by atoms with Crippen LogP contribution in [0.15, 0.2) is 91.0 Å². The van der Waals surface area contributed by atoms with Crippen LogP contribution in [0.25, 0.3) is 42.4 Å². The summed E-state index contributed by atoms with van der Waals surface area (Å²) >= 11 is 1.90. The highest BCUT2D eigenvalue weighted by molar-refractivity contribution is 7.26. The lowest BCUT2D eigenvalue weighted by Crippen LogP contribution is -1.84. The van der Waals surface area contributed by atoms with Crippen molar-refractivity contribution in [1.29, 1.82) is 0 Å². The largest absolute Gasteiger partial charge is 0.135 e. The molecule has 0 amide bonds. The van der Waals surface area contributed by atoms with Gasteiger partial charge in [0.15, 0.2) is 0 Å². The van der Waals surface area contributed by atoms with Crippen LogP contribution in [0, 0.1) is 6.92 Å². The lowest BCUT2D eigenvalue weighted by atomic mass is 9.94. The summed E-state index contributed by atoms with van der Waals surface area (Å²) in [4.78, 5) is 0. The first kappa shape index (κ1) is 15.4. The molecular formula is C25H18S. The van der Waals surface area contributed by atoms with Gasteiger partial charge in [-0.25, -0.2) is 0 Å². The first-order valence-electron chi connectivity index (χ1n) is 8.88. The molecule has 1 heteroatoms. The van der Waals surface area contributed by atoms with Gasteiger partial charge in [-0.1, -0.05) is 90.5 Å². The van der Waals surface area contributed by atoms with Crippen LogP contribution in [0.4, 0.5) is 0 Å². The summed E-state index contributed by atoms with van der Waals surface area (Å²) in [6, 6.07) is 32.8. The Balaban J connectivity index is 1.91. The normalized spacial score (nSPS) is 11.3. The minimum Gasteiger partial charge on any atom is -0.135 e. The van der Waals surface area contributed by atoms with Crippen LogP contribution >= 0.6 is 11.3 Å². The number of thiophene rings is 1. The third-order valence-corrected chi connectivity index (χ3v) is 6.14. The van der Waals surface area contributed by atoms with Gasteiger partial charge in [0, 0.05) is 20.2 Å². The molecule has 0 aliphatic carbocycles. The Morgan fingerprint density at radius 2 is 1.35 bits per heavy atom. The summed E-state index contributed by atoms with van der Waals surface area (Å²) in [7, 11) is 0. The molecule has 0 saturated heterocycles. The van der Waals surface area contributed by atoms with Crippen molar-refractivity contribution in [2.45, 2.75) is 6.92 Å². The fourth-order valence-electron chi connectivity index (χ4n) is 3.73. The fourth-order valence-corrected chi connectivity index (χ4v) is 4.99. The van der Waals surface area contributed by atoms with Gasteiger partial charge in [0.25, 0.3) is 0 Å². The van der Waals surface area contributed by atoms with Gasteiger partial charge < -0.3 is 0 Å². The molecule has 5 aromatic rings. The molecule has 4 aromatic carbocycles. The molecule has 0 aliphatic rings. The van der Waals surface area contributed by atoms with Crippen LogP contribution in [0.3, 0.4) is 0 Å². The van der Waals surface area contributed by atoms with Crippen molar-refractivity contribution in [1.82, 2.24) is 0 Å². The molecule has 0 aliphatic heterocycles. The molecule has 0 nitrogen and oxygen atoms in total. The molecule has 0 fully saturated rings. The van der Waals surface area contributed by atoms with Crippen molar-refractivity contribution < 1.29 is 0 Å². The van der Waals surface area contributed by atoms with E-state index in [1.165, 1.54) is 48.0 Å². The Hall–Kier alpha value is -2.90. The highest BCUT2D eigenvalue weighted by Crippen LogP contribution is 2.44. The second-order valence-corrected chi connectivity index (χ2v) is 7.75. The van der Waals surface area contributed by atoms with Crippen LogP contribution in [0.2, 0.25) is 0 Å². The van der Waals surface area contributed by atoms with Gasteiger partial charge in [-0.3, -0.25) is 0 Å². The molecule has 0 spiro atoms. The molecule has 0 N–H and O–H groups in total. The second-order valence-electron chi connectivity index (χ2n) is 6.70. The molecule has 0 saturated carbocycles. The average molecular weight is 350 g/mol. The van der Waals surface area contributed by atoms with Crippen molar-refractivity contribution in [2.24, 2.45) is 0 Å². The number of aryl methyl sites for hydroxylation is 1. The third-order valence-electron chi connectivity index (χ3n) is 4.94. The van der Waals surface area contributed by atoms with Crippen molar-refractivity contribution in [3.05, 3.63) is 96.6 Å². The summed E-state index contributed by atoms with van der Waals surface area (Å²) in [5, 5.41) is 2.72. The summed E-state index contributed by atoms with van der Waals surface area (Å²) < 4.78 is 2.72. The maximum Gasteiger partial charge on any atom is 0.0440 e. The maximum atomic E-state index is 2.29. The SMILES string of the molecule is Cc1cccc(-c2ccc(-c3ccccc3)c3c2sc2ccccc23)c1. The lowest BCUT2D eigenvalue weighted by Gasteiger charge is -2.10. The minimum atomic E-state index is 1.27. The Bertz CT molecular complexity index is 1230. The quantitative estimate of drug-likeness (QED) is 0.306. The number of fused-ring (bicyclic) bond motifs is 3. The summed E-state index contributed by atoms with van der Waals surface area (Å²) in [5.74, 6) is 0. The van der Waals surface area contributed by atoms with E-state index < -0.39 is 0 Å². The standard InChI is InChI=1S/C25H18S/c1-17-8-7-11-19(16-17)21-15-14-20(18-9-3-2-4-10-18)24-22-12-5-6-13-23(22)26-25(21)24/h2-16H,1H3. The maximum absolute atomic E-state index is 2.29. The summed E-state index contributed by atoms with van der Waals surface area (Å²) in [5.41, 5.74) is 6.50. The van der Waals surface area contributed by atoms with Gasteiger partial charge in [-0.15, -0.1) is 11.3 Å². The van der Waals surface area contributed by atoms with E-state index in [-0.39, 0.29) is 0 Å². The van der Waals surface area contributed by atoms with Crippen LogP contribution < -0.4 is 0 Å². The fraction of sp³-hybridized carbons (Fsp3) is 0.0400. The highest BCUT2D eigenvalue weighted by atomic mass is 32.1. The van der Waals surface area contributed by atoms with Crippen LogP contribution in [0.1, 0.15) is 5.56 Å². The van der Waals surface area contributed by atoms with Gasteiger partial charge in [0.2, 0.25) is 0 Å². The minimum absolute atomic E-state index is 1.27. The van der Waals surface area contributed by atoms with Crippen molar-refractivity contribution in [3.8, 4) is 22.3 Å². The van der Waals surface area contributed by atoms with Crippen LogP contribution in [-0.2, 0) is 0 Å². The predicted octanol–water partition coefficient (Wildman–Crippen LogP) is 7.70. The molecule has 0 bridgehead atoms. The Kier molecular flexibility index (Phi) is 3.62. The Morgan fingerprint density at radius 1 is 0.615 bits per heavy atom. The Labute approximate surface area is 157 Å². The predicted molar refractivity (Wildman–Crippen MR) is 115 cm³/mol. The van der Waals surface area contributed by atoms with Crippen LogP contribution in [0.5, 0.6) is 0 Å². The number of rotatable bonds is 2. The molecular weight excluding hydrogens is 332 g/mol. The van der Waals surface area contributed by atoms with E-state index in [2.05, 4.69) is 97.9 Å². The smallest absolute Gasteiger partial charge is 0.0440 e. The second kappa shape index (κ2) is 6.12. The topological polar surface area (TPSA) is 0 Å². The van der Waals surface area contributed by atoms with E-state index in [4.69, 9.17) is 0 Å². The number of hydrogen-bond acceptors (Lipinski definition) is 1. The summed E-state index contributed by atoms with van der Waals surface area (Å²) in [6.45, 7) is 2.16. The van der Waals surface area contributed by atoms with E-state index in [9.17, 15) is 0 Å². The van der Waals surface area contributed by atoms with Gasteiger partial charge >= 0.3 is 0 Å². The molecule has 1 heterocycles. The molecule has 0 atom stereocenters. The van der Waals surface area contributed by atoms with E-state index in [0.717, 1.165) is 0 Å². The zero-order valence-corrected chi connectivity index (χ0v) is 15.4. The highest BCUT2D eigenvalue weighted by Gasteiger charge is 2.15. The lowest BCUT2D eigenvalue weighted by molar-refractivity contribution is 1.47. The summed E-state index contributed by atoms with van der Waals surface area (Å²) in [6.07, 6.45) is 0. The van der Waals surface area contributed by atoms with Gasteiger partial charge in [0.1, 0.15) is 0 Å². The zero-order chi connectivity index (χ0) is 17.5. The van der Waals surface area contributed by atoms with Gasteiger partial charge in [-0.05, 0) is 35.2 Å². The zero-order valence-electron chi connectivity index (χ0n) is 14.6. The number of hydrogen-bond donors (Lipinski definition) is 0. The monoisotopic (exact) mass is 350 g/mol. The molecule has 0 unspecified atom stereocenters. The van der Waals surface area contributed by atoms with Crippen molar-refractivity contribution in [3.63, 3.8) is 0 Å². The van der Waals surface area contributed by atoms with E-state index in [0.29, 0.717) is 0 Å². The molecule has 26 heavy (non-hydrogen) atoms. The first-order valence-corrected chi connectivity index (χ1v) is 9.69. The molecule has 1 aromatic heterocycles. The van der Waals surface area contributed by atoms with Crippen molar-refractivity contribution in [2.75, 3.05) is 0 Å². The molecule has 0 radical (unpaired) electrons. The average Bonchev–Trinajstić information content (AvgIpc) is 3.07. The van der Waals surface area contributed by atoms with Gasteiger partial charge in [-0.2, -0.15) is 0 Å². The van der Waals surface area contributed by atoms with Crippen molar-refractivity contribution >= 4 is 31.5 Å².